The highest BCUT2D eigenvalue weighted by molar-refractivity contribution is 5.86. The van der Waals surface area contributed by atoms with Gasteiger partial charge in [-0.15, -0.1) is 0 Å². The number of imidazole rings is 1. The summed E-state index contributed by atoms with van der Waals surface area (Å²) in [6, 6.07) is 11.5. The first-order valence-electron chi connectivity index (χ1n) is 8.15. The van der Waals surface area contributed by atoms with Crippen LogP contribution in [0.15, 0.2) is 61.3 Å². The lowest BCUT2D eigenvalue weighted by Gasteiger charge is -2.21. The molecule has 0 saturated heterocycles. The van der Waals surface area contributed by atoms with E-state index in [0.29, 0.717) is 19.4 Å². The molecule has 1 aromatic carbocycles. The fourth-order valence-corrected chi connectivity index (χ4v) is 3.21. The van der Waals surface area contributed by atoms with E-state index < -0.39 is 5.60 Å². The lowest BCUT2D eigenvalue weighted by atomic mass is 9.99. The molecule has 1 aliphatic carbocycles. The zero-order valence-electron chi connectivity index (χ0n) is 13.6. The summed E-state index contributed by atoms with van der Waals surface area (Å²) in [7, 11) is 0. The predicted octanol–water partition coefficient (Wildman–Crippen LogP) is 1.41. The third kappa shape index (κ3) is 3.04. The molecule has 0 spiro atoms. The van der Waals surface area contributed by atoms with E-state index in [4.69, 9.17) is 0 Å². The van der Waals surface area contributed by atoms with Crippen molar-refractivity contribution in [1.29, 1.82) is 0 Å². The van der Waals surface area contributed by atoms with E-state index in [2.05, 4.69) is 15.3 Å². The van der Waals surface area contributed by atoms with Gasteiger partial charge < -0.3 is 10.4 Å². The minimum absolute atomic E-state index is 0.335. The van der Waals surface area contributed by atoms with Gasteiger partial charge in [0.1, 0.15) is 12.1 Å². The zero-order valence-corrected chi connectivity index (χ0v) is 13.6. The molecule has 25 heavy (non-hydrogen) atoms. The number of nitrogens with zero attached hydrogens (tertiary/aromatic N) is 3. The van der Waals surface area contributed by atoms with Gasteiger partial charge in [-0.05, 0) is 28.8 Å². The quantitative estimate of drug-likeness (QED) is 0.756. The molecule has 0 aliphatic heterocycles. The van der Waals surface area contributed by atoms with Gasteiger partial charge in [0.25, 0.3) is 5.91 Å². The number of hydrogen-bond donors (Lipinski definition) is 2. The van der Waals surface area contributed by atoms with Crippen LogP contribution in [0.25, 0.3) is 5.82 Å². The molecule has 0 fully saturated rings. The van der Waals surface area contributed by atoms with Crippen molar-refractivity contribution in [1.82, 2.24) is 19.9 Å². The first-order valence-corrected chi connectivity index (χ1v) is 8.15. The molecule has 126 valence electrons. The van der Waals surface area contributed by atoms with Crippen molar-refractivity contribution in [3.05, 3.63) is 78.0 Å². The zero-order chi connectivity index (χ0) is 17.3. The molecule has 6 heteroatoms. The molecule has 3 aromatic rings. The maximum atomic E-state index is 12.5. The summed E-state index contributed by atoms with van der Waals surface area (Å²) in [4.78, 5) is 20.8. The standard InChI is InChI=1S/C19H18N4O2/c24-18(19(25)10-15-3-1-2-4-16(15)11-19)22-12-14-5-6-21-17(9-14)23-8-7-20-13-23/h1-9,13,25H,10-12H2,(H,22,24). The summed E-state index contributed by atoms with van der Waals surface area (Å²) in [5.74, 6) is 0.390. The number of benzene rings is 1. The molecule has 1 amide bonds. The Morgan fingerprint density at radius 2 is 1.96 bits per heavy atom. The van der Waals surface area contributed by atoms with E-state index in [1.165, 1.54) is 0 Å². The van der Waals surface area contributed by atoms with Crippen molar-refractivity contribution in [3.63, 3.8) is 0 Å². The van der Waals surface area contributed by atoms with E-state index in [1.54, 1.807) is 23.3 Å². The van der Waals surface area contributed by atoms with Crippen LogP contribution in [-0.2, 0) is 24.2 Å². The van der Waals surface area contributed by atoms with Gasteiger partial charge in [-0.2, -0.15) is 0 Å². The van der Waals surface area contributed by atoms with E-state index in [-0.39, 0.29) is 5.91 Å². The molecule has 2 N–H and O–H groups in total. The largest absolute Gasteiger partial charge is 0.379 e. The average molecular weight is 334 g/mol. The summed E-state index contributed by atoms with van der Waals surface area (Å²) in [6.45, 7) is 0.335. The predicted molar refractivity (Wildman–Crippen MR) is 92.0 cm³/mol. The van der Waals surface area contributed by atoms with E-state index >= 15 is 0 Å². The van der Waals surface area contributed by atoms with E-state index in [1.807, 2.05) is 42.6 Å². The number of hydrogen-bond acceptors (Lipinski definition) is 4. The molecule has 6 nitrogen and oxygen atoms in total. The van der Waals surface area contributed by atoms with Crippen molar-refractivity contribution >= 4 is 5.91 Å². The third-order valence-electron chi connectivity index (χ3n) is 4.54. The van der Waals surface area contributed by atoms with Crippen LogP contribution < -0.4 is 5.32 Å². The van der Waals surface area contributed by atoms with Gasteiger partial charge in [0.15, 0.2) is 5.60 Å². The Kier molecular flexibility index (Phi) is 3.82. The highest BCUT2D eigenvalue weighted by Crippen LogP contribution is 2.30. The monoisotopic (exact) mass is 334 g/mol. The minimum atomic E-state index is -1.37. The number of carbonyl (C=O) groups excluding carboxylic acids is 1. The van der Waals surface area contributed by atoms with Crippen molar-refractivity contribution < 1.29 is 9.90 Å². The molecule has 0 atom stereocenters. The smallest absolute Gasteiger partial charge is 0.252 e. The van der Waals surface area contributed by atoms with Crippen LogP contribution in [0.3, 0.4) is 0 Å². The molecule has 4 rings (SSSR count). The molecule has 2 aromatic heterocycles. The number of aromatic nitrogens is 3. The maximum Gasteiger partial charge on any atom is 0.252 e. The Morgan fingerprint density at radius 1 is 1.20 bits per heavy atom. The average Bonchev–Trinajstić information content (AvgIpc) is 3.27. The molecule has 2 heterocycles. The van der Waals surface area contributed by atoms with Crippen LogP contribution >= 0.6 is 0 Å². The van der Waals surface area contributed by atoms with Gasteiger partial charge in [-0.3, -0.25) is 9.36 Å². The number of fused-ring (bicyclic) bond motifs is 1. The number of amides is 1. The Labute approximate surface area is 145 Å². The van der Waals surface area contributed by atoms with E-state index in [9.17, 15) is 9.90 Å². The number of carbonyl (C=O) groups is 1. The van der Waals surface area contributed by atoms with Gasteiger partial charge in [0.2, 0.25) is 0 Å². The maximum absolute atomic E-state index is 12.5. The summed E-state index contributed by atoms with van der Waals surface area (Å²) in [5, 5.41) is 13.6. The third-order valence-corrected chi connectivity index (χ3v) is 4.54. The number of aliphatic hydroxyl groups is 1. The Hall–Kier alpha value is -2.99. The van der Waals surface area contributed by atoms with Crippen LogP contribution in [0.4, 0.5) is 0 Å². The van der Waals surface area contributed by atoms with Crippen LogP contribution in [0, 0.1) is 0 Å². The minimum Gasteiger partial charge on any atom is -0.379 e. The lowest BCUT2D eigenvalue weighted by molar-refractivity contribution is -0.139. The number of nitrogens with one attached hydrogen (secondary N) is 1. The molecule has 0 bridgehead atoms. The molecule has 0 saturated carbocycles. The molecular formula is C19H18N4O2. The molecule has 0 unspecified atom stereocenters. The first-order chi connectivity index (χ1) is 12.1. The van der Waals surface area contributed by atoms with Gasteiger partial charge >= 0.3 is 0 Å². The van der Waals surface area contributed by atoms with Crippen molar-refractivity contribution in [2.45, 2.75) is 25.0 Å². The highest BCUT2D eigenvalue weighted by Gasteiger charge is 2.41. The second kappa shape index (κ2) is 6.14. The summed E-state index contributed by atoms with van der Waals surface area (Å²) in [5.41, 5.74) is 1.60. The normalized spacial score (nSPS) is 14.9. The summed E-state index contributed by atoms with van der Waals surface area (Å²) < 4.78 is 1.80. The number of rotatable bonds is 4. The lowest BCUT2D eigenvalue weighted by Crippen LogP contribution is -2.47. The van der Waals surface area contributed by atoms with Gasteiger partial charge in [0, 0.05) is 38.0 Å². The molecular weight excluding hydrogens is 316 g/mol. The SMILES string of the molecule is O=C(NCc1ccnc(-n2ccnc2)c1)C1(O)Cc2ccccc2C1. The summed E-state index contributed by atoms with van der Waals surface area (Å²) >= 11 is 0. The summed E-state index contributed by atoms with van der Waals surface area (Å²) in [6.07, 6.45) is 7.56. The molecule has 1 aliphatic rings. The first kappa shape index (κ1) is 15.5. The van der Waals surface area contributed by atoms with Gasteiger partial charge in [-0.1, -0.05) is 24.3 Å². The van der Waals surface area contributed by atoms with Gasteiger partial charge in [-0.25, -0.2) is 9.97 Å². The van der Waals surface area contributed by atoms with E-state index in [0.717, 1.165) is 22.5 Å². The second-order valence-corrected chi connectivity index (χ2v) is 6.33. The van der Waals surface area contributed by atoms with Crippen molar-refractivity contribution in [2.24, 2.45) is 0 Å². The fraction of sp³-hybridized carbons (Fsp3) is 0.211. The second-order valence-electron chi connectivity index (χ2n) is 6.33. The van der Waals surface area contributed by atoms with Crippen LogP contribution in [0.2, 0.25) is 0 Å². The van der Waals surface area contributed by atoms with Crippen LogP contribution in [0.5, 0.6) is 0 Å². The Balaban J connectivity index is 1.44. The van der Waals surface area contributed by atoms with Crippen LogP contribution in [-0.4, -0.2) is 31.1 Å². The Morgan fingerprint density at radius 3 is 2.64 bits per heavy atom. The van der Waals surface area contributed by atoms with Crippen LogP contribution in [0.1, 0.15) is 16.7 Å². The van der Waals surface area contributed by atoms with Crippen molar-refractivity contribution in [3.8, 4) is 5.82 Å². The topological polar surface area (TPSA) is 80.0 Å². The fourth-order valence-electron chi connectivity index (χ4n) is 3.21. The molecule has 0 radical (unpaired) electrons. The number of pyridine rings is 1. The Bertz CT molecular complexity index is 880. The van der Waals surface area contributed by atoms with Crippen molar-refractivity contribution in [2.75, 3.05) is 0 Å². The van der Waals surface area contributed by atoms with Gasteiger partial charge in [0.05, 0.1) is 0 Å². The highest BCUT2D eigenvalue weighted by atomic mass is 16.3.